The number of anilines is 2. The molecule has 0 fully saturated rings. The average molecular weight is 273 g/mol. The third-order valence-corrected chi connectivity index (χ3v) is 3.40. The second-order valence-electron chi connectivity index (χ2n) is 4.93. The highest BCUT2D eigenvalue weighted by Gasteiger charge is 2.18. The van der Waals surface area contributed by atoms with Crippen molar-refractivity contribution in [3.8, 4) is 0 Å². The van der Waals surface area contributed by atoms with Gasteiger partial charge in [0.15, 0.2) is 0 Å². The van der Waals surface area contributed by atoms with E-state index in [0.717, 1.165) is 11.3 Å². The van der Waals surface area contributed by atoms with Gasteiger partial charge in [-0.05, 0) is 39.0 Å². The van der Waals surface area contributed by atoms with Crippen molar-refractivity contribution < 1.29 is 9.50 Å². The summed E-state index contributed by atoms with van der Waals surface area (Å²) in [6, 6.07) is 12.8. The van der Waals surface area contributed by atoms with Gasteiger partial charge in [0, 0.05) is 17.8 Å². The second kappa shape index (κ2) is 6.06. The lowest BCUT2D eigenvalue weighted by atomic mass is 10.1. The minimum absolute atomic E-state index is 0.314. The van der Waals surface area contributed by atoms with Crippen molar-refractivity contribution in [3.63, 3.8) is 0 Å². The summed E-state index contributed by atoms with van der Waals surface area (Å²) in [5.74, 6) is -0.314. The van der Waals surface area contributed by atoms with E-state index in [9.17, 15) is 9.50 Å². The molecule has 0 saturated heterocycles. The van der Waals surface area contributed by atoms with Crippen LogP contribution in [0.1, 0.15) is 31.1 Å². The third kappa shape index (κ3) is 2.83. The van der Waals surface area contributed by atoms with Gasteiger partial charge in [-0.15, -0.1) is 0 Å². The van der Waals surface area contributed by atoms with E-state index >= 15 is 0 Å². The molecule has 0 spiro atoms. The van der Waals surface area contributed by atoms with E-state index in [-0.39, 0.29) is 5.82 Å². The summed E-state index contributed by atoms with van der Waals surface area (Å²) in [6.07, 6.45) is -0.708. The zero-order chi connectivity index (χ0) is 14.7. The normalized spacial score (nSPS) is 12.2. The SMILES string of the molecule is CCN(c1ccc(C)cc1)c1c(F)cccc1[C@H](C)O. The lowest BCUT2D eigenvalue weighted by molar-refractivity contribution is 0.199. The van der Waals surface area contributed by atoms with Crippen LogP contribution in [0.3, 0.4) is 0 Å². The zero-order valence-electron chi connectivity index (χ0n) is 12.1. The molecule has 106 valence electrons. The summed E-state index contributed by atoms with van der Waals surface area (Å²) in [4.78, 5) is 1.89. The van der Waals surface area contributed by atoms with Crippen LogP contribution in [0.25, 0.3) is 0 Å². The first-order valence-electron chi connectivity index (χ1n) is 6.85. The highest BCUT2D eigenvalue weighted by Crippen LogP contribution is 2.34. The predicted molar refractivity (Wildman–Crippen MR) is 80.9 cm³/mol. The van der Waals surface area contributed by atoms with Gasteiger partial charge in [-0.1, -0.05) is 29.8 Å². The molecule has 1 atom stereocenters. The van der Waals surface area contributed by atoms with Crippen LogP contribution >= 0.6 is 0 Å². The number of benzene rings is 2. The standard InChI is InChI=1S/C17H20FNO/c1-4-19(14-10-8-12(2)9-11-14)17-15(13(3)20)6-5-7-16(17)18/h5-11,13,20H,4H2,1-3H3/t13-/m0/s1. The Kier molecular flexibility index (Phi) is 4.40. The molecular weight excluding hydrogens is 253 g/mol. The van der Waals surface area contributed by atoms with Crippen molar-refractivity contribution in [2.24, 2.45) is 0 Å². The van der Waals surface area contributed by atoms with Crippen molar-refractivity contribution in [1.82, 2.24) is 0 Å². The van der Waals surface area contributed by atoms with Gasteiger partial charge in [0.1, 0.15) is 5.82 Å². The Morgan fingerprint density at radius 2 is 1.80 bits per heavy atom. The number of aliphatic hydroxyl groups is 1. The fraction of sp³-hybridized carbons (Fsp3) is 0.294. The Bertz CT molecular complexity index is 578. The van der Waals surface area contributed by atoms with E-state index in [1.165, 1.54) is 6.07 Å². The van der Waals surface area contributed by atoms with Crippen LogP contribution in [-0.2, 0) is 0 Å². The first kappa shape index (κ1) is 14.5. The molecule has 0 aliphatic rings. The van der Waals surface area contributed by atoms with Gasteiger partial charge >= 0.3 is 0 Å². The van der Waals surface area contributed by atoms with Crippen LogP contribution in [0, 0.1) is 12.7 Å². The highest BCUT2D eigenvalue weighted by molar-refractivity contribution is 5.67. The number of aryl methyl sites for hydroxylation is 1. The fourth-order valence-electron chi connectivity index (χ4n) is 2.35. The molecule has 0 radical (unpaired) electrons. The van der Waals surface area contributed by atoms with Gasteiger partial charge in [-0.25, -0.2) is 4.39 Å². The lowest BCUT2D eigenvalue weighted by Gasteiger charge is -2.27. The number of para-hydroxylation sites is 1. The Hall–Kier alpha value is -1.87. The first-order valence-corrected chi connectivity index (χ1v) is 6.85. The second-order valence-corrected chi connectivity index (χ2v) is 4.93. The largest absolute Gasteiger partial charge is 0.389 e. The van der Waals surface area contributed by atoms with Gasteiger partial charge in [0.25, 0.3) is 0 Å². The molecule has 0 aliphatic heterocycles. The van der Waals surface area contributed by atoms with E-state index in [2.05, 4.69) is 0 Å². The average Bonchev–Trinajstić information content (AvgIpc) is 2.43. The Labute approximate surface area is 119 Å². The maximum Gasteiger partial charge on any atom is 0.147 e. The van der Waals surface area contributed by atoms with Crippen LogP contribution in [0.15, 0.2) is 42.5 Å². The highest BCUT2D eigenvalue weighted by atomic mass is 19.1. The first-order chi connectivity index (χ1) is 9.54. The van der Waals surface area contributed by atoms with Gasteiger partial charge in [-0.2, -0.15) is 0 Å². The summed E-state index contributed by atoms with van der Waals surface area (Å²) in [5.41, 5.74) is 3.14. The van der Waals surface area contributed by atoms with Crippen molar-refractivity contribution in [1.29, 1.82) is 0 Å². The van der Waals surface area contributed by atoms with Gasteiger partial charge in [0.05, 0.1) is 11.8 Å². The van der Waals surface area contributed by atoms with E-state index in [1.54, 1.807) is 19.1 Å². The number of rotatable bonds is 4. The van der Waals surface area contributed by atoms with Crippen LogP contribution in [0.4, 0.5) is 15.8 Å². The molecule has 0 aromatic heterocycles. The molecule has 2 aromatic carbocycles. The summed E-state index contributed by atoms with van der Waals surface area (Å²) >= 11 is 0. The van der Waals surface area contributed by atoms with Crippen molar-refractivity contribution >= 4 is 11.4 Å². The zero-order valence-corrected chi connectivity index (χ0v) is 12.1. The summed E-state index contributed by atoms with van der Waals surface area (Å²) in [5, 5.41) is 9.87. The molecule has 2 aromatic rings. The fourth-order valence-corrected chi connectivity index (χ4v) is 2.35. The minimum atomic E-state index is -0.708. The molecule has 0 bridgehead atoms. The van der Waals surface area contributed by atoms with Crippen LogP contribution < -0.4 is 4.90 Å². The number of halogens is 1. The number of aliphatic hydroxyl groups excluding tert-OH is 1. The Morgan fingerprint density at radius 3 is 2.35 bits per heavy atom. The summed E-state index contributed by atoms with van der Waals surface area (Å²) in [7, 11) is 0. The number of hydrogen-bond donors (Lipinski definition) is 1. The minimum Gasteiger partial charge on any atom is -0.389 e. The molecule has 20 heavy (non-hydrogen) atoms. The van der Waals surface area contributed by atoms with Gasteiger partial charge in [-0.3, -0.25) is 0 Å². The number of nitrogens with zero attached hydrogens (tertiary/aromatic N) is 1. The molecule has 0 saturated carbocycles. The van der Waals surface area contributed by atoms with E-state index in [4.69, 9.17) is 0 Å². The van der Waals surface area contributed by atoms with Gasteiger partial charge in [0.2, 0.25) is 0 Å². The summed E-state index contributed by atoms with van der Waals surface area (Å²) < 4.78 is 14.3. The van der Waals surface area contributed by atoms with E-state index in [0.29, 0.717) is 17.8 Å². The maximum absolute atomic E-state index is 14.3. The van der Waals surface area contributed by atoms with Crippen molar-refractivity contribution in [2.45, 2.75) is 26.9 Å². The van der Waals surface area contributed by atoms with Crippen LogP contribution in [0.5, 0.6) is 0 Å². The Balaban J connectivity index is 2.54. The van der Waals surface area contributed by atoms with Crippen LogP contribution in [-0.4, -0.2) is 11.7 Å². The molecular formula is C17H20FNO. The molecule has 1 N–H and O–H groups in total. The molecule has 0 heterocycles. The smallest absolute Gasteiger partial charge is 0.147 e. The van der Waals surface area contributed by atoms with Crippen LogP contribution in [0.2, 0.25) is 0 Å². The molecule has 0 amide bonds. The molecule has 2 rings (SSSR count). The van der Waals surface area contributed by atoms with E-state index < -0.39 is 6.10 Å². The predicted octanol–water partition coefficient (Wildman–Crippen LogP) is 4.35. The quantitative estimate of drug-likeness (QED) is 0.895. The van der Waals surface area contributed by atoms with Crippen molar-refractivity contribution in [2.75, 3.05) is 11.4 Å². The summed E-state index contributed by atoms with van der Waals surface area (Å²) in [6.45, 7) is 6.27. The van der Waals surface area contributed by atoms with Gasteiger partial charge < -0.3 is 10.0 Å². The van der Waals surface area contributed by atoms with Crippen molar-refractivity contribution in [3.05, 3.63) is 59.4 Å². The molecule has 2 nitrogen and oxygen atoms in total. The van der Waals surface area contributed by atoms with E-state index in [1.807, 2.05) is 43.0 Å². The lowest BCUT2D eigenvalue weighted by Crippen LogP contribution is -2.19. The Morgan fingerprint density at radius 1 is 1.15 bits per heavy atom. The molecule has 0 unspecified atom stereocenters. The topological polar surface area (TPSA) is 23.5 Å². The maximum atomic E-state index is 14.3. The molecule has 0 aliphatic carbocycles. The monoisotopic (exact) mass is 273 g/mol. The molecule has 3 heteroatoms. The number of hydrogen-bond acceptors (Lipinski definition) is 2. The third-order valence-electron chi connectivity index (χ3n) is 3.40.